The third-order valence-corrected chi connectivity index (χ3v) is 6.39. The number of aromatic nitrogens is 1. The number of ether oxygens (including phenoxy) is 2. The van der Waals surface area contributed by atoms with Crippen molar-refractivity contribution in [2.45, 2.75) is 27.4 Å². The van der Waals surface area contributed by atoms with Crippen molar-refractivity contribution in [1.82, 2.24) is 10.1 Å². The minimum atomic E-state index is -0.0284. The summed E-state index contributed by atoms with van der Waals surface area (Å²) in [5.41, 5.74) is 4.32. The molecule has 0 aliphatic carbocycles. The van der Waals surface area contributed by atoms with E-state index in [1.54, 1.807) is 26.2 Å². The molecule has 1 aromatic heterocycles. The number of aryl methyl sites for hydroxylation is 2. The van der Waals surface area contributed by atoms with Crippen LogP contribution in [0.25, 0.3) is 6.08 Å². The maximum absolute atomic E-state index is 12.8. The predicted octanol–water partition coefficient (Wildman–Crippen LogP) is 4.44. The zero-order valence-electron chi connectivity index (χ0n) is 21.1. The molecule has 1 fully saturated rings. The van der Waals surface area contributed by atoms with E-state index in [-0.39, 0.29) is 11.7 Å². The van der Waals surface area contributed by atoms with E-state index in [1.807, 2.05) is 61.2 Å². The summed E-state index contributed by atoms with van der Waals surface area (Å²) in [4.78, 5) is 28.3. The van der Waals surface area contributed by atoms with E-state index in [9.17, 15) is 9.59 Å². The lowest BCUT2D eigenvalue weighted by molar-refractivity contribution is -0.126. The number of hydrogen-bond donors (Lipinski definition) is 0. The smallest absolute Gasteiger partial charge is 0.246 e. The Morgan fingerprint density at radius 3 is 2.36 bits per heavy atom. The first kappa shape index (κ1) is 25.0. The summed E-state index contributed by atoms with van der Waals surface area (Å²) in [5, 5.41) is 3.95. The van der Waals surface area contributed by atoms with Crippen LogP contribution >= 0.6 is 0 Å². The van der Waals surface area contributed by atoms with Gasteiger partial charge in [-0.05, 0) is 68.8 Å². The Labute approximate surface area is 211 Å². The molecule has 4 rings (SSSR count). The molecule has 3 aromatic rings. The van der Waals surface area contributed by atoms with Gasteiger partial charge in [0.25, 0.3) is 0 Å². The number of Topliss-reactive ketones (excluding diaryl/α,β-unsaturated/α-hetero) is 1. The molecule has 0 saturated carbocycles. The summed E-state index contributed by atoms with van der Waals surface area (Å²) in [7, 11) is 1.59. The molecular weight excluding hydrogens is 458 g/mol. The molecule has 1 aliphatic heterocycles. The second-order valence-electron chi connectivity index (χ2n) is 8.75. The standard InChI is InChI=1S/C28H31N3O5/c1-19-25(21(3)36-29-19)18-35-26-11-5-22(17-27(26)34-4)6-12-28(33)31-15-13-30(14-16-31)24-9-7-23(8-10-24)20(2)32/h5-12,17H,13-16,18H2,1-4H3/b12-6+. The van der Waals surface area contributed by atoms with E-state index >= 15 is 0 Å². The molecule has 0 atom stereocenters. The van der Waals surface area contributed by atoms with Gasteiger partial charge in [0, 0.05) is 43.5 Å². The second-order valence-corrected chi connectivity index (χ2v) is 8.75. The molecule has 0 radical (unpaired) electrons. The largest absolute Gasteiger partial charge is 0.493 e. The van der Waals surface area contributed by atoms with E-state index in [4.69, 9.17) is 14.0 Å². The van der Waals surface area contributed by atoms with Crippen molar-refractivity contribution in [2.75, 3.05) is 38.2 Å². The predicted molar refractivity (Wildman–Crippen MR) is 138 cm³/mol. The van der Waals surface area contributed by atoms with Gasteiger partial charge in [0.15, 0.2) is 17.3 Å². The van der Waals surface area contributed by atoms with Crippen LogP contribution < -0.4 is 14.4 Å². The van der Waals surface area contributed by atoms with Gasteiger partial charge in [-0.3, -0.25) is 9.59 Å². The number of benzene rings is 2. The topological polar surface area (TPSA) is 85.1 Å². The van der Waals surface area contributed by atoms with Crippen molar-refractivity contribution >= 4 is 23.5 Å². The monoisotopic (exact) mass is 489 g/mol. The zero-order chi connectivity index (χ0) is 25.7. The lowest BCUT2D eigenvalue weighted by Gasteiger charge is -2.35. The number of methoxy groups -OCH3 is 1. The maximum atomic E-state index is 12.8. The number of rotatable bonds is 8. The molecule has 8 nitrogen and oxygen atoms in total. The van der Waals surface area contributed by atoms with Crippen LogP contribution in [0.1, 0.15) is 39.9 Å². The first-order valence-electron chi connectivity index (χ1n) is 11.9. The minimum absolute atomic E-state index is 0.0284. The van der Waals surface area contributed by atoms with Gasteiger partial charge in [-0.25, -0.2) is 0 Å². The van der Waals surface area contributed by atoms with E-state index < -0.39 is 0 Å². The average molecular weight is 490 g/mol. The number of ketones is 1. The summed E-state index contributed by atoms with van der Waals surface area (Å²) in [6.07, 6.45) is 3.38. The van der Waals surface area contributed by atoms with Crippen LogP contribution in [-0.2, 0) is 11.4 Å². The van der Waals surface area contributed by atoms with Crippen LogP contribution in [0, 0.1) is 13.8 Å². The fraction of sp³-hybridized carbons (Fsp3) is 0.321. The number of carbonyl (C=O) groups excluding carboxylic acids is 2. The molecule has 2 heterocycles. The Balaban J connectivity index is 1.32. The molecule has 1 aliphatic rings. The Bertz CT molecular complexity index is 1240. The summed E-state index contributed by atoms with van der Waals surface area (Å²) < 4.78 is 16.6. The summed E-state index contributed by atoms with van der Waals surface area (Å²) >= 11 is 0. The van der Waals surface area contributed by atoms with Gasteiger partial charge in [0.1, 0.15) is 12.4 Å². The van der Waals surface area contributed by atoms with E-state index in [1.165, 1.54) is 0 Å². The Kier molecular flexibility index (Phi) is 7.73. The van der Waals surface area contributed by atoms with Crippen molar-refractivity contribution in [3.63, 3.8) is 0 Å². The lowest BCUT2D eigenvalue weighted by Crippen LogP contribution is -2.48. The van der Waals surface area contributed by atoms with Gasteiger partial charge in [-0.2, -0.15) is 0 Å². The minimum Gasteiger partial charge on any atom is -0.493 e. The highest BCUT2D eigenvalue weighted by molar-refractivity contribution is 5.94. The first-order chi connectivity index (χ1) is 17.4. The number of amides is 1. The number of hydrogen-bond acceptors (Lipinski definition) is 7. The van der Waals surface area contributed by atoms with Crippen LogP contribution in [-0.4, -0.2) is 55.0 Å². The van der Waals surface area contributed by atoms with Crippen molar-refractivity contribution in [1.29, 1.82) is 0 Å². The zero-order valence-corrected chi connectivity index (χ0v) is 21.1. The van der Waals surface area contributed by atoms with Gasteiger partial charge in [-0.15, -0.1) is 0 Å². The van der Waals surface area contributed by atoms with Crippen LogP contribution in [0.5, 0.6) is 11.5 Å². The molecule has 36 heavy (non-hydrogen) atoms. The molecule has 0 N–H and O–H groups in total. The highest BCUT2D eigenvalue weighted by atomic mass is 16.5. The normalized spacial score (nSPS) is 13.8. The third kappa shape index (κ3) is 5.76. The van der Waals surface area contributed by atoms with Gasteiger partial charge in [-0.1, -0.05) is 11.2 Å². The number of nitrogens with zero attached hydrogens (tertiary/aromatic N) is 3. The molecule has 8 heteroatoms. The molecule has 2 aromatic carbocycles. The fourth-order valence-electron chi connectivity index (χ4n) is 4.13. The van der Waals surface area contributed by atoms with Gasteiger partial charge < -0.3 is 23.8 Å². The highest BCUT2D eigenvalue weighted by Crippen LogP contribution is 2.30. The molecule has 1 saturated heterocycles. The van der Waals surface area contributed by atoms with Crippen LogP contribution in [0.4, 0.5) is 5.69 Å². The first-order valence-corrected chi connectivity index (χ1v) is 11.9. The third-order valence-electron chi connectivity index (χ3n) is 6.39. The Morgan fingerprint density at radius 1 is 1.03 bits per heavy atom. The van der Waals surface area contributed by atoms with Gasteiger partial charge in [0.2, 0.25) is 5.91 Å². The Hall–Kier alpha value is -4.07. The van der Waals surface area contributed by atoms with Crippen LogP contribution in [0.3, 0.4) is 0 Å². The number of carbonyl (C=O) groups is 2. The van der Waals surface area contributed by atoms with Gasteiger partial charge >= 0.3 is 0 Å². The van der Waals surface area contributed by atoms with Crippen molar-refractivity contribution < 1.29 is 23.6 Å². The SMILES string of the molecule is COc1cc(/C=C/C(=O)N2CCN(c3ccc(C(C)=O)cc3)CC2)ccc1OCc1c(C)noc1C. The molecule has 0 bridgehead atoms. The van der Waals surface area contributed by atoms with Crippen molar-refractivity contribution in [2.24, 2.45) is 0 Å². The van der Waals surface area contributed by atoms with E-state index in [0.29, 0.717) is 36.8 Å². The van der Waals surface area contributed by atoms with Crippen molar-refractivity contribution in [3.05, 3.63) is 76.7 Å². The quantitative estimate of drug-likeness (QED) is 0.342. The summed E-state index contributed by atoms with van der Waals surface area (Å²) in [5.74, 6) is 1.95. The molecular formula is C28H31N3O5. The highest BCUT2D eigenvalue weighted by Gasteiger charge is 2.20. The fourth-order valence-corrected chi connectivity index (χ4v) is 4.13. The van der Waals surface area contributed by atoms with Crippen LogP contribution in [0.2, 0.25) is 0 Å². The number of piperazine rings is 1. The average Bonchev–Trinajstić information content (AvgIpc) is 3.23. The van der Waals surface area contributed by atoms with Gasteiger partial charge in [0.05, 0.1) is 18.4 Å². The maximum Gasteiger partial charge on any atom is 0.246 e. The number of anilines is 1. The summed E-state index contributed by atoms with van der Waals surface area (Å²) in [6, 6.07) is 13.2. The van der Waals surface area contributed by atoms with Crippen LogP contribution in [0.15, 0.2) is 53.1 Å². The van der Waals surface area contributed by atoms with E-state index in [0.717, 1.165) is 41.4 Å². The van der Waals surface area contributed by atoms with E-state index in [2.05, 4.69) is 10.1 Å². The lowest BCUT2D eigenvalue weighted by atomic mass is 10.1. The molecule has 0 spiro atoms. The molecule has 0 unspecified atom stereocenters. The summed E-state index contributed by atoms with van der Waals surface area (Å²) in [6.45, 7) is 8.38. The van der Waals surface area contributed by atoms with Crippen molar-refractivity contribution in [3.8, 4) is 11.5 Å². The Morgan fingerprint density at radius 2 is 1.75 bits per heavy atom. The molecule has 188 valence electrons. The molecule has 1 amide bonds. The second kappa shape index (κ2) is 11.1.